The third-order valence-corrected chi connectivity index (χ3v) is 5.94. The van der Waals surface area contributed by atoms with E-state index in [1.165, 1.54) is 11.1 Å². The largest absolute Gasteiger partial charge is 2.00 e. The van der Waals surface area contributed by atoms with Crippen molar-refractivity contribution in [3.63, 3.8) is 0 Å². The fraction of sp³-hybridized carbons (Fsp3) is 0.257. The summed E-state index contributed by atoms with van der Waals surface area (Å²) >= 11 is 0. The molecule has 0 atom stereocenters. The number of carbonyl (C=O) groups is 1. The number of carboxylic acids is 1. The van der Waals surface area contributed by atoms with Crippen molar-refractivity contribution in [2.45, 2.75) is 59.3 Å². The van der Waals surface area contributed by atoms with E-state index in [1.54, 1.807) is 6.20 Å². The van der Waals surface area contributed by atoms with Crippen molar-refractivity contribution in [1.29, 1.82) is 10.8 Å². The Morgan fingerprint density at radius 2 is 1.16 bits per heavy atom. The Morgan fingerprint density at radius 1 is 0.727 bits per heavy atom. The molecule has 0 saturated heterocycles. The summed E-state index contributed by atoms with van der Waals surface area (Å²) in [4.78, 5) is 13.1. The zero-order chi connectivity index (χ0) is 32.0. The first-order valence-corrected chi connectivity index (χ1v) is 13.9. The Labute approximate surface area is 275 Å². The van der Waals surface area contributed by atoms with Crippen molar-refractivity contribution in [2.75, 3.05) is 10.6 Å². The average Bonchev–Trinajstić information content (AvgIpc) is 2.93. The fourth-order valence-electron chi connectivity index (χ4n) is 3.66. The SMILES string of the molecule is CC(=O)[O-].CC(C)(C)c1ccc(NC(=N)NC(=N)Nc2ccc(C(C)(C)C)cc2)cc1.[Pd+2].[c-]1ccccc1-c1ccccn1. The summed E-state index contributed by atoms with van der Waals surface area (Å²) in [6.45, 7) is 14.0. The van der Waals surface area contributed by atoms with Crippen LogP contribution in [0.15, 0.2) is 97.2 Å². The first-order valence-electron chi connectivity index (χ1n) is 13.9. The number of benzene rings is 3. The number of carboxylic acid groups (broad SMARTS) is 1. The normalized spacial score (nSPS) is 10.3. The summed E-state index contributed by atoms with van der Waals surface area (Å²) in [6, 6.07) is 32.8. The van der Waals surface area contributed by atoms with E-state index in [0.29, 0.717) is 0 Å². The van der Waals surface area contributed by atoms with Crippen molar-refractivity contribution >= 4 is 29.3 Å². The van der Waals surface area contributed by atoms with Crippen LogP contribution in [0.1, 0.15) is 59.6 Å². The molecule has 8 nitrogen and oxygen atoms in total. The third-order valence-electron chi connectivity index (χ3n) is 5.94. The number of anilines is 2. The Hall–Kier alpha value is -4.32. The summed E-state index contributed by atoms with van der Waals surface area (Å²) in [7, 11) is 0. The topological polar surface area (TPSA) is 137 Å². The molecular formula is C35H42N6O2Pd. The predicted molar refractivity (Wildman–Crippen MR) is 175 cm³/mol. The minimum absolute atomic E-state index is 0. The molecule has 234 valence electrons. The summed E-state index contributed by atoms with van der Waals surface area (Å²) in [5, 5.41) is 33.5. The number of nitrogens with one attached hydrogen (secondary N) is 5. The van der Waals surface area contributed by atoms with Gasteiger partial charge in [-0.25, -0.2) is 0 Å². The third kappa shape index (κ3) is 14.2. The molecule has 0 amide bonds. The van der Waals surface area contributed by atoms with Gasteiger partial charge in [0.2, 0.25) is 0 Å². The average molecular weight is 685 g/mol. The number of pyridine rings is 1. The smallest absolute Gasteiger partial charge is 0.550 e. The molecule has 1 aromatic heterocycles. The second kappa shape index (κ2) is 17.7. The van der Waals surface area contributed by atoms with Crippen LogP contribution in [0.2, 0.25) is 0 Å². The number of aromatic nitrogens is 1. The molecule has 0 unspecified atom stereocenters. The van der Waals surface area contributed by atoms with Crippen LogP contribution in [-0.2, 0) is 36.0 Å². The van der Waals surface area contributed by atoms with Crippen molar-refractivity contribution in [2.24, 2.45) is 0 Å². The molecule has 44 heavy (non-hydrogen) atoms. The van der Waals surface area contributed by atoms with E-state index in [4.69, 9.17) is 20.7 Å². The predicted octanol–water partition coefficient (Wildman–Crippen LogP) is 6.57. The molecule has 0 aliphatic carbocycles. The van der Waals surface area contributed by atoms with E-state index >= 15 is 0 Å². The molecule has 4 rings (SSSR count). The van der Waals surface area contributed by atoms with E-state index in [9.17, 15) is 0 Å². The molecule has 3 aromatic carbocycles. The van der Waals surface area contributed by atoms with Crippen LogP contribution in [0.5, 0.6) is 0 Å². The van der Waals surface area contributed by atoms with Gasteiger partial charge in [-0.1, -0.05) is 77.9 Å². The molecule has 0 spiro atoms. The van der Waals surface area contributed by atoms with Gasteiger partial charge in [0.05, 0.1) is 0 Å². The van der Waals surface area contributed by atoms with Gasteiger partial charge in [0.1, 0.15) is 0 Å². The molecule has 5 N–H and O–H groups in total. The van der Waals surface area contributed by atoms with Crippen molar-refractivity contribution in [3.05, 3.63) is 114 Å². The maximum Gasteiger partial charge on any atom is 2.00 e. The molecule has 9 heteroatoms. The first-order chi connectivity index (χ1) is 20.1. The number of nitrogens with zero attached hydrogens (tertiary/aromatic N) is 1. The first kappa shape index (κ1) is 37.7. The number of hydrogen-bond acceptors (Lipinski definition) is 5. The van der Waals surface area contributed by atoms with Crippen LogP contribution < -0.4 is 21.1 Å². The molecule has 1 heterocycles. The van der Waals surface area contributed by atoms with E-state index in [1.807, 2.05) is 66.7 Å². The zero-order valence-electron chi connectivity index (χ0n) is 26.3. The fourth-order valence-corrected chi connectivity index (χ4v) is 3.66. The number of aliphatic carboxylic acids is 1. The van der Waals surface area contributed by atoms with Crippen LogP contribution in [0.4, 0.5) is 11.4 Å². The minimum Gasteiger partial charge on any atom is -0.550 e. The minimum atomic E-state index is -1.08. The monoisotopic (exact) mass is 684 g/mol. The summed E-state index contributed by atoms with van der Waals surface area (Å²) in [6.07, 6.45) is 1.79. The Bertz CT molecular complexity index is 1340. The van der Waals surface area contributed by atoms with Gasteiger partial charge in [0, 0.05) is 23.5 Å². The maximum absolute atomic E-state index is 8.89. The summed E-state index contributed by atoms with van der Waals surface area (Å²) < 4.78 is 0. The number of rotatable bonds is 3. The second-order valence-corrected chi connectivity index (χ2v) is 11.8. The van der Waals surface area contributed by atoms with Gasteiger partial charge in [-0.3, -0.25) is 16.1 Å². The molecule has 0 aliphatic heterocycles. The van der Waals surface area contributed by atoms with Crippen LogP contribution in [-0.4, -0.2) is 22.9 Å². The molecule has 0 bridgehead atoms. The van der Waals surface area contributed by atoms with Crippen molar-refractivity contribution in [3.8, 4) is 11.3 Å². The number of hydrogen-bond donors (Lipinski definition) is 5. The van der Waals surface area contributed by atoms with Crippen LogP contribution in [0.25, 0.3) is 11.3 Å². The molecule has 0 radical (unpaired) electrons. The second-order valence-electron chi connectivity index (χ2n) is 11.8. The van der Waals surface area contributed by atoms with Gasteiger partial charge in [0.25, 0.3) is 0 Å². The van der Waals surface area contributed by atoms with Gasteiger partial charge in [-0.15, -0.1) is 35.9 Å². The molecule has 0 aliphatic rings. The van der Waals surface area contributed by atoms with Gasteiger partial charge in [0.15, 0.2) is 11.9 Å². The zero-order valence-corrected chi connectivity index (χ0v) is 27.9. The van der Waals surface area contributed by atoms with Crippen LogP contribution >= 0.6 is 0 Å². The number of guanidine groups is 2. The molecule has 0 saturated carbocycles. The van der Waals surface area contributed by atoms with Gasteiger partial charge >= 0.3 is 20.4 Å². The van der Waals surface area contributed by atoms with Crippen molar-refractivity contribution < 1.29 is 30.3 Å². The molecular weight excluding hydrogens is 643 g/mol. The Kier molecular flexibility index (Phi) is 15.2. The standard InChI is InChI=1S/C22H31N5.C11H8N.C2H4O2.Pd/c1-21(2,3)15-7-11-17(12-8-15)25-19(23)27-20(24)26-18-13-9-16(10-14-18)22(4,5)6;1-2-6-10(7-3-1)11-8-4-5-9-12-11;1-2(3)4;/h7-14H,1-6H3,(H5,23,24,25,26,27);1-6,8-9H;1H3,(H,3,4);/q;-1;;+2/p-1. The molecule has 0 fully saturated rings. The van der Waals surface area contributed by atoms with Gasteiger partial charge < -0.3 is 25.5 Å². The Balaban J connectivity index is 0.000000468. The quantitative estimate of drug-likeness (QED) is 0.0717. The van der Waals surface area contributed by atoms with Crippen LogP contribution in [0, 0.1) is 16.9 Å². The van der Waals surface area contributed by atoms with E-state index in [2.05, 4.69) is 92.8 Å². The van der Waals surface area contributed by atoms with Crippen LogP contribution in [0.3, 0.4) is 0 Å². The summed E-state index contributed by atoms with van der Waals surface area (Å²) in [5.74, 6) is -0.996. The maximum atomic E-state index is 8.89. The van der Waals surface area contributed by atoms with Gasteiger partial charge in [-0.2, -0.15) is 0 Å². The molecule has 4 aromatic rings. The van der Waals surface area contributed by atoms with E-state index in [0.717, 1.165) is 29.6 Å². The number of carbonyl (C=O) groups excluding carboxylic acids is 1. The van der Waals surface area contributed by atoms with E-state index < -0.39 is 5.97 Å². The summed E-state index contributed by atoms with van der Waals surface area (Å²) in [5.41, 5.74) is 6.29. The van der Waals surface area contributed by atoms with E-state index in [-0.39, 0.29) is 43.2 Å². The van der Waals surface area contributed by atoms with Gasteiger partial charge in [-0.05, 0) is 64.9 Å². The van der Waals surface area contributed by atoms with Crippen molar-refractivity contribution in [1.82, 2.24) is 10.3 Å². The Morgan fingerprint density at radius 3 is 1.50 bits per heavy atom.